The third kappa shape index (κ3) is 5.74. The van der Waals surface area contributed by atoms with E-state index >= 15 is 0 Å². The number of carboxylic acid groups (broad SMARTS) is 1. The molecule has 0 unspecified atom stereocenters. The van der Waals surface area contributed by atoms with E-state index in [1.54, 1.807) is 19.2 Å². The molecule has 0 bridgehead atoms. The minimum absolute atomic E-state index is 0.117. The molecule has 14 heteroatoms. The second kappa shape index (κ2) is 10.2. The Morgan fingerprint density at radius 2 is 2.00 bits per heavy atom. The molecule has 0 radical (unpaired) electrons. The molecule has 2 aliphatic heterocycles. The second-order valence-electron chi connectivity index (χ2n) is 10.0. The van der Waals surface area contributed by atoms with Gasteiger partial charge >= 0.3 is 12.1 Å². The number of alkyl halides is 3. The quantitative estimate of drug-likeness (QED) is 0.407. The number of rotatable bonds is 6. The van der Waals surface area contributed by atoms with Gasteiger partial charge in [-0.15, -0.1) is 0 Å². The third-order valence-electron chi connectivity index (χ3n) is 7.29. The smallest absolute Gasteiger partial charge is 0.429 e. The van der Waals surface area contributed by atoms with Crippen molar-refractivity contribution in [2.75, 3.05) is 30.3 Å². The summed E-state index contributed by atoms with van der Waals surface area (Å²) in [5.41, 5.74) is 6.28. The molecule has 2 atom stereocenters. The highest BCUT2D eigenvalue weighted by Crippen LogP contribution is 2.42. The average molecular weight is 566 g/mol. The number of halogens is 4. The van der Waals surface area contributed by atoms with E-state index in [0.717, 1.165) is 0 Å². The maximum absolute atomic E-state index is 14.4. The van der Waals surface area contributed by atoms with Crippen molar-refractivity contribution in [2.24, 2.45) is 5.41 Å². The van der Waals surface area contributed by atoms with E-state index in [2.05, 4.69) is 20.4 Å². The Kier molecular flexibility index (Phi) is 7.06. The fourth-order valence-corrected chi connectivity index (χ4v) is 5.42. The molecule has 2 aliphatic rings. The summed E-state index contributed by atoms with van der Waals surface area (Å²) in [6, 6.07) is 6.43. The lowest BCUT2D eigenvalue weighted by molar-refractivity contribution is -0.198. The van der Waals surface area contributed by atoms with Crippen molar-refractivity contribution in [3.05, 3.63) is 52.8 Å². The number of aliphatic carboxylic acids is 1. The first kappa shape index (κ1) is 27.0. The first-order chi connectivity index (χ1) is 18.4. The van der Waals surface area contributed by atoms with Crippen LogP contribution in [-0.2, 0) is 4.79 Å². The first-order valence-corrected chi connectivity index (χ1v) is 12.7. The van der Waals surface area contributed by atoms with E-state index < -0.39 is 24.3 Å². The van der Waals surface area contributed by atoms with Crippen LogP contribution in [0.25, 0.3) is 5.69 Å². The molecule has 10 nitrogen and oxygen atoms in total. The number of anilines is 2. The van der Waals surface area contributed by atoms with E-state index in [9.17, 15) is 23.1 Å². The Hall–Kier alpha value is -3.58. The van der Waals surface area contributed by atoms with Crippen molar-refractivity contribution < 1.29 is 27.8 Å². The van der Waals surface area contributed by atoms with E-state index in [0.29, 0.717) is 50.4 Å². The molecule has 2 saturated heterocycles. The lowest BCUT2D eigenvalue weighted by atomic mass is 9.76. The molecule has 2 fully saturated rings. The molecule has 0 aliphatic carbocycles. The fourth-order valence-electron chi connectivity index (χ4n) is 5.25. The zero-order chi connectivity index (χ0) is 27.9. The number of nitrogens with zero attached hydrogens (tertiary/aromatic N) is 5. The summed E-state index contributed by atoms with van der Waals surface area (Å²) in [4.78, 5) is 21.4. The fraction of sp³-hybridized carbons (Fsp3) is 0.440. The molecule has 208 valence electrons. The molecular weight excluding hydrogens is 539 g/mol. The monoisotopic (exact) mass is 565 g/mol. The van der Waals surface area contributed by atoms with E-state index in [1.165, 1.54) is 28.9 Å². The number of nitrogens with two attached hydrogens (primary N) is 1. The minimum atomic E-state index is -4.81. The summed E-state index contributed by atoms with van der Waals surface area (Å²) in [6.07, 6.45) is -3.72. The molecular formula is C25H27ClF3N7O3. The summed E-state index contributed by atoms with van der Waals surface area (Å²) in [7, 11) is 0. The Bertz CT molecular complexity index is 1380. The van der Waals surface area contributed by atoms with Crippen LogP contribution in [0.15, 0.2) is 36.5 Å². The molecule has 1 spiro atoms. The molecule has 5 rings (SSSR count). The average Bonchev–Trinajstić information content (AvgIpc) is 3.49. The van der Waals surface area contributed by atoms with Gasteiger partial charge in [0.2, 0.25) is 17.9 Å². The number of hydrogen-bond donors (Lipinski definition) is 3. The van der Waals surface area contributed by atoms with Gasteiger partial charge in [-0.05, 0) is 49.8 Å². The summed E-state index contributed by atoms with van der Waals surface area (Å²) in [5.74, 6) is -1.08. The lowest BCUT2D eigenvalue weighted by Crippen LogP contribution is -2.41. The zero-order valence-corrected chi connectivity index (χ0v) is 21.7. The normalized spacial score (nSPS) is 19.8. The van der Waals surface area contributed by atoms with E-state index in [-0.39, 0.29) is 33.5 Å². The third-order valence-corrected chi connectivity index (χ3v) is 7.53. The number of piperidine rings is 1. The number of carboxylic acids is 1. The zero-order valence-electron chi connectivity index (χ0n) is 21.0. The summed E-state index contributed by atoms with van der Waals surface area (Å²) in [5, 5.41) is 16.9. The Morgan fingerprint density at radius 1 is 1.26 bits per heavy atom. The molecule has 2 aromatic heterocycles. The standard InChI is InChI=1S/C25H27ClF3N7O3/c1-14-4-7-36(34-14)18-10-15(26)2-3-16(18)21(25(27,28)29)39-20-11-19(32-23(30)33-20)35-8-5-24(6-9-35)12-17(22(37)38)31-13-24/h2-4,7,10-11,17,21,31H,5-6,8-9,12-13H2,1H3,(H,37,38)(H2,30,32,33)/t17-,21+/m0/s1. The number of benzene rings is 1. The Labute approximate surface area is 226 Å². The van der Waals surface area contributed by atoms with Crippen LogP contribution in [0.3, 0.4) is 0 Å². The van der Waals surface area contributed by atoms with Gasteiger partial charge in [-0.2, -0.15) is 28.2 Å². The predicted octanol–water partition coefficient (Wildman–Crippen LogP) is 3.92. The van der Waals surface area contributed by atoms with Crippen LogP contribution in [0.2, 0.25) is 5.02 Å². The van der Waals surface area contributed by atoms with Crippen LogP contribution in [0, 0.1) is 12.3 Å². The minimum Gasteiger partial charge on any atom is -0.480 e. The van der Waals surface area contributed by atoms with Crippen LogP contribution >= 0.6 is 11.6 Å². The van der Waals surface area contributed by atoms with Gasteiger partial charge in [0.1, 0.15) is 11.9 Å². The molecule has 1 aromatic carbocycles. The van der Waals surface area contributed by atoms with Gasteiger partial charge in [-0.25, -0.2) is 4.68 Å². The first-order valence-electron chi connectivity index (χ1n) is 12.3. The maximum Gasteiger partial charge on any atom is 0.429 e. The van der Waals surface area contributed by atoms with Crippen LogP contribution < -0.4 is 20.7 Å². The molecule has 0 amide bonds. The van der Waals surface area contributed by atoms with E-state index in [1.807, 2.05) is 4.90 Å². The number of ether oxygens (including phenoxy) is 1. The molecule has 39 heavy (non-hydrogen) atoms. The number of aryl methyl sites for hydroxylation is 1. The molecule has 4 N–H and O–H groups in total. The van der Waals surface area contributed by atoms with Crippen molar-refractivity contribution >= 4 is 29.3 Å². The van der Waals surface area contributed by atoms with Gasteiger partial charge in [0.15, 0.2) is 0 Å². The number of aromatic nitrogens is 4. The van der Waals surface area contributed by atoms with Gasteiger partial charge in [0.05, 0.1) is 11.4 Å². The maximum atomic E-state index is 14.4. The highest BCUT2D eigenvalue weighted by molar-refractivity contribution is 6.30. The van der Waals surface area contributed by atoms with Crippen molar-refractivity contribution in [3.8, 4) is 11.6 Å². The van der Waals surface area contributed by atoms with E-state index in [4.69, 9.17) is 22.1 Å². The summed E-state index contributed by atoms with van der Waals surface area (Å²) in [6.45, 7) is 3.39. The van der Waals surface area contributed by atoms with Gasteiger partial charge in [-0.3, -0.25) is 4.79 Å². The van der Waals surface area contributed by atoms with Gasteiger partial charge in [0.25, 0.3) is 0 Å². The van der Waals surface area contributed by atoms with Crippen molar-refractivity contribution in [1.82, 2.24) is 25.1 Å². The summed E-state index contributed by atoms with van der Waals surface area (Å²) >= 11 is 6.11. The number of hydrogen-bond acceptors (Lipinski definition) is 8. The van der Waals surface area contributed by atoms with Gasteiger partial charge < -0.3 is 25.8 Å². The number of nitrogens with one attached hydrogen (secondary N) is 1. The molecule has 0 saturated carbocycles. The SMILES string of the molecule is Cc1ccn(-c2cc(Cl)ccc2[C@@H](Oc2cc(N3CCC4(CC3)CN[C@H](C(=O)O)C4)nc(N)n2)C(F)(F)F)n1. The number of carbonyl (C=O) groups is 1. The van der Waals surface area contributed by atoms with Gasteiger partial charge in [0, 0.05) is 42.5 Å². The van der Waals surface area contributed by atoms with Gasteiger partial charge in [-0.1, -0.05) is 17.7 Å². The van der Waals surface area contributed by atoms with Crippen LogP contribution in [-0.4, -0.2) is 62.7 Å². The van der Waals surface area contributed by atoms with Crippen molar-refractivity contribution in [2.45, 2.75) is 44.5 Å². The molecule has 3 aromatic rings. The van der Waals surface area contributed by atoms with Crippen LogP contribution in [0.1, 0.15) is 36.6 Å². The Morgan fingerprint density at radius 3 is 2.62 bits per heavy atom. The number of nitrogen functional groups attached to an aromatic ring is 1. The van der Waals surface area contributed by atoms with Crippen LogP contribution in [0.4, 0.5) is 24.9 Å². The highest BCUT2D eigenvalue weighted by atomic mass is 35.5. The van der Waals surface area contributed by atoms with Crippen LogP contribution in [0.5, 0.6) is 5.88 Å². The topological polar surface area (TPSA) is 131 Å². The van der Waals surface area contributed by atoms with Crippen molar-refractivity contribution in [1.29, 1.82) is 0 Å². The Balaban J connectivity index is 1.40. The summed E-state index contributed by atoms with van der Waals surface area (Å²) < 4.78 is 49.9. The van der Waals surface area contributed by atoms with Crippen molar-refractivity contribution in [3.63, 3.8) is 0 Å². The predicted molar refractivity (Wildman–Crippen MR) is 137 cm³/mol. The highest BCUT2D eigenvalue weighted by Gasteiger charge is 2.46. The second-order valence-corrected chi connectivity index (χ2v) is 10.5. The largest absolute Gasteiger partial charge is 0.480 e. The lowest BCUT2D eigenvalue weighted by Gasteiger charge is -2.39. The molecule has 4 heterocycles.